The summed E-state index contributed by atoms with van der Waals surface area (Å²) >= 11 is 0. The van der Waals surface area contributed by atoms with Gasteiger partial charge in [-0.25, -0.2) is 0 Å². The molecular formula is C30H32N2O3. The van der Waals surface area contributed by atoms with Crippen molar-refractivity contribution in [2.45, 2.75) is 51.7 Å². The molecule has 35 heavy (non-hydrogen) atoms. The molecule has 0 bridgehead atoms. The van der Waals surface area contributed by atoms with E-state index in [1.54, 1.807) is 6.26 Å². The number of carbonyl (C=O) groups is 1. The zero-order valence-corrected chi connectivity index (χ0v) is 20.2. The molecule has 1 amide bonds. The van der Waals surface area contributed by atoms with E-state index in [1.807, 2.05) is 59.5 Å². The van der Waals surface area contributed by atoms with E-state index < -0.39 is 6.17 Å². The number of hydrogen-bond acceptors (Lipinski definition) is 4. The van der Waals surface area contributed by atoms with Crippen molar-refractivity contribution in [3.05, 3.63) is 95.9 Å². The normalized spacial score (nSPS) is 15.2. The fourth-order valence-electron chi connectivity index (χ4n) is 4.83. The summed E-state index contributed by atoms with van der Waals surface area (Å²) in [6, 6.07) is 23.9. The highest BCUT2D eigenvalue weighted by atomic mass is 16.5. The Morgan fingerprint density at radius 2 is 1.74 bits per heavy atom. The van der Waals surface area contributed by atoms with E-state index in [0.29, 0.717) is 18.7 Å². The van der Waals surface area contributed by atoms with Crippen molar-refractivity contribution >= 4 is 22.4 Å². The fourth-order valence-corrected chi connectivity index (χ4v) is 4.83. The smallest absolute Gasteiger partial charge is 0.258 e. The zero-order valence-electron chi connectivity index (χ0n) is 20.2. The van der Waals surface area contributed by atoms with Crippen molar-refractivity contribution in [3.8, 4) is 5.75 Å². The molecule has 1 unspecified atom stereocenters. The van der Waals surface area contributed by atoms with Crippen LogP contribution in [0.3, 0.4) is 0 Å². The van der Waals surface area contributed by atoms with Gasteiger partial charge in [0, 0.05) is 11.3 Å². The Morgan fingerprint density at radius 3 is 2.60 bits per heavy atom. The first-order chi connectivity index (χ1) is 17.3. The van der Waals surface area contributed by atoms with Crippen LogP contribution >= 0.6 is 0 Å². The van der Waals surface area contributed by atoms with Crippen molar-refractivity contribution in [1.82, 2.24) is 4.90 Å². The van der Waals surface area contributed by atoms with Crippen LogP contribution in [0.15, 0.2) is 83.5 Å². The second-order valence-corrected chi connectivity index (χ2v) is 9.07. The highest BCUT2D eigenvalue weighted by Crippen LogP contribution is 2.41. The van der Waals surface area contributed by atoms with Gasteiger partial charge in [0.1, 0.15) is 17.7 Å². The molecular weight excluding hydrogens is 436 g/mol. The molecule has 0 aliphatic carbocycles. The van der Waals surface area contributed by atoms with Crippen molar-refractivity contribution in [2.75, 3.05) is 11.9 Å². The maximum absolute atomic E-state index is 13.7. The Morgan fingerprint density at radius 1 is 0.914 bits per heavy atom. The second-order valence-electron chi connectivity index (χ2n) is 9.07. The summed E-state index contributed by atoms with van der Waals surface area (Å²) in [6.45, 7) is 3.24. The molecule has 0 radical (unpaired) electrons. The van der Waals surface area contributed by atoms with Crippen molar-refractivity contribution in [2.24, 2.45) is 0 Å². The van der Waals surface area contributed by atoms with Gasteiger partial charge in [0.05, 0.1) is 25.0 Å². The Kier molecular flexibility index (Phi) is 7.03. The number of carbonyl (C=O) groups excluding carboxylic acids is 1. The zero-order chi connectivity index (χ0) is 24.0. The number of unbranched alkanes of at least 4 members (excludes halogenated alkanes) is 4. The minimum atomic E-state index is -0.399. The third-order valence-corrected chi connectivity index (χ3v) is 6.64. The number of hydrogen-bond donors (Lipinski definition) is 1. The number of furan rings is 1. The van der Waals surface area contributed by atoms with Gasteiger partial charge in [-0.3, -0.25) is 4.79 Å². The number of para-hydroxylation sites is 1. The summed E-state index contributed by atoms with van der Waals surface area (Å²) in [6.07, 6.45) is 7.14. The maximum Gasteiger partial charge on any atom is 0.258 e. The molecule has 5 heteroatoms. The minimum Gasteiger partial charge on any atom is -0.493 e. The quantitative estimate of drug-likeness (QED) is 0.244. The second kappa shape index (κ2) is 10.7. The van der Waals surface area contributed by atoms with E-state index in [9.17, 15) is 4.79 Å². The fraction of sp³-hybridized carbons (Fsp3) is 0.300. The molecule has 0 fully saturated rings. The van der Waals surface area contributed by atoms with Crippen LogP contribution < -0.4 is 10.1 Å². The molecule has 3 aromatic carbocycles. The number of rotatable bonds is 10. The molecule has 0 saturated carbocycles. The first-order valence-corrected chi connectivity index (χ1v) is 12.6. The van der Waals surface area contributed by atoms with E-state index in [0.717, 1.165) is 46.4 Å². The van der Waals surface area contributed by atoms with Crippen LogP contribution in [0.2, 0.25) is 0 Å². The van der Waals surface area contributed by atoms with Crippen molar-refractivity contribution in [3.63, 3.8) is 0 Å². The summed E-state index contributed by atoms with van der Waals surface area (Å²) < 4.78 is 12.0. The topological polar surface area (TPSA) is 54.7 Å². The lowest BCUT2D eigenvalue weighted by molar-refractivity contribution is 0.0650. The molecule has 0 saturated heterocycles. The maximum atomic E-state index is 13.7. The standard InChI is InChI=1S/C30H32N2O3/c1-2-3-4-5-10-19-35-27-18-17-22-12-6-7-14-24(22)28(27)29-31-26-16-9-8-15-25(26)30(33)32(29)21-23-13-11-20-34-23/h6-9,11-18,20,29,31H,2-5,10,19,21H2,1H3. The third-order valence-electron chi connectivity index (χ3n) is 6.64. The van der Waals surface area contributed by atoms with Gasteiger partial charge in [0.2, 0.25) is 0 Å². The van der Waals surface area contributed by atoms with Crippen LogP contribution in [0.1, 0.15) is 66.9 Å². The van der Waals surface area contributed by atoms with E-state index in [-0.39, 0.29) is 5.91 Å². The largest absolute Gasteiger partial charge is 0.493 e. The SMILES string of the molecule is CCCCCCCOc1ccc2ccccc2c1C1Nc2ccccc2C(=O)N1Cc1ccco1. The third kappa shape index (κ3) is 4.90. The van der Waals surface area contributed by atoms with Gasteiger partial charge in [-0.15, -0.1) is 0 Å². The molecule has 1 aliphatic heterocycles. The molecule has 5 rings (SSSR count). The summed E-state index contributed by atoms with van der Waals surface area (Å²) in [4.78, 5) is 15.6. The number of ether oxygens (including phenoxy) is 1. The Hall–Kier alpha value is -3.73. The van der Waals surface area contributed by atoms with Crippen LogP contribution in [-0.4, -0.2) is 17.4 Å². The van der Waals surface area contributed by atoms with Crippen LogP contribution in [0.25, 0.3) is 10.8 Å². The Balaban J connectivity index is 1.54. The number of nitrogens with zero attached hydrogens (tertiary/aromatic N) is 1. The lowest BCUT2D eigenvalue weighted by atomic mass is 9.97. The van der Waals surface area contributed by atoms with Crippen LogP contribution in [0.4, 0.5) is 5.69 Å². The molecule has 5 nitrogen and oxygen atoms in total. The number of amides is 1. The van der Waals surface area contributed by atoms with Gasteiger partial charge in [0.25, 0.3) is 5.91 Å². The monoisotopic (exact) mass is 468 g/mol. The predicted octanol–water partition coefficient (Wildman–Crippen LogP) is 7.55. The highest BCUT2D eigenvalue weighted by molar-refractivity contribution is 6.02. The van der Waals surface area contributed by atoms with E-state index in [2.05, 4.69) is 30.4 Å². The summed E-state index contributed by atoms with van der Waals surface area (Å²) in [5.41, 5.74) is 2.47. The Labute approximate surface area is 206 Å². The molecule has 1 atom stereocenters. The molecule has 0 spiro atoms. The van der Waals surface area contributed by atoms with Gasteiger partial charge in [-0.2, -0.15) is 0 Å². The molecule has 4 aromatic rings. The van der Waals surface area contributed by atoms with Crippen molar-refractivity contribution in [1.29, 1.82) is 0 Å². The molecule has 1 aliphatic rings. The summed E-state index contributed by atoms with van der Waals surface area (Å²) in [5.74, 6) is 1.52. The summed E-state index contributed by atoms with van der Waals surface area (Å²) in [5, 5.41) is 5.83. The van der Waals surface area contributed by atoms with Crippen LogP contribution in [-0.2, 0) is 6.54 Å². The first-order valence-electron chi connectivity index (χ1n) is 12.6. The Bertz CT molecular complexity index is 1280. The summed E-state index contributed by atoms with van der Waals surface area (Å²) in [7, 11) is 0. The molecule has 2 heterocycles. The highest BCUT2D eigenvalue weighted by Gasteiger charge is 2.36. The number of fused-ring (bicyclic) bond motifs is 2. The number of nitrogens with one attached hydrogen (secondary N) is 1. The molecule has 180 valence electrons. The number of anilines is 1. The van der Waals surface area contributed by atoms with Gasteiger partial charge in [0.15, 0.2) is 0 Å². The van der Waals surface area contributed by atoms with E-state index >= 15 is 0 Å². The number of benzene rings is 3. The lowest BCUT2D eigenvalue weighted by Gasteiger charge is -2.38. The average Bonchev–Trinajstić information content (AvgIpc) is 3.41. The lowest BCUT2D eigenvalue weighted by Crippen LogP contribution is -2.42. The van der Waals surface area contributed by atoms with Gasteiger partial charge < -0.3 is 19.4 Å². The molecule has 1 aromatic heterocycles. The first kappa shape index (κ1) is 23.0. The minimum absolute atomic E-state index is 0.0285. The average molecular weight is 469 g/mol. The van der Waals surface area contributed by atoms with Gasteiger partial charge in [-0.05, 0) is 47.5 Å². The van der Waals surface area contributed by atoms with Gasteiger partial charge in [-0.1, -0.05) is 75.1 Å². The predicted molar refractivity (Wildman–Crippen MR) is 140 cm³/mol. The van der Waals surface area contributed by atoms with Gasteiger partial charge >= 0.3 is 0 Å². The van der Waals surface area contributed by atoms with E-state index in [4.69, 9.17) is 9.15 Å². The molecule has 1 N–H and O–H groups in total. The van der Waals surface area contributed by atoms with Crippen molar-refractivity contribution < 1.29 is 13.9 Å². The van der Waals surface area contributed by atoms with Crippen LogP contribution in [0.5, 0.6) is 5.75 Å². The van der Waals surface area contributed by atoms with Crippen LogP contribution in [0, 0.1) is 0 Å². The van der Waals surface area contributed by atoms with E-state index in [1.165, 1.54) is 19.3 Å².